The molecule has 0 aliphatic heterocycles. The highest BCUT2D eigenvalue weighted by Crippen LogP contribution is 2.13. The Labute approximate surface area is 155 Å². The van der Waals surface area contributed by atoms with E-state index in [2.05, 4.69) is 13.8 Å². The zero-order valence-electron chi connectivity index (χ0n) is 15.8. The molecule has 0 bridgehead atoms. The first-order valence-corrected chi connectivity index (χ1v) is 9.47. The van der Waals surface area contributed by atoms with E-state index in [0.29, 0.717) is 13.2 Å². The third-order valence-corrected chi connectivity index (χ3v) is 3.80. The van der Waals surface area contributed by atoms with Crippen LogP contribution in [-0.2, 0) is 19.6 Å². The predicted octanol–water partition coefficient (Wildman–Crippen LogP) is 5.02. The number of benzene rings is 1. The van der Waals surface area contributed by atoms with Gasteiger partial charge in [-0.25, -0.2) is 9.59 Å². The normalized spacial score (nSPS) is 10.5. The van der Waals surface area contributed by atoms with Crippen LogP contribution in [0, 0.1) is 0 Å². The van der Waals surface area contributed by atoms with Crippen LogP contribution in [0.15, 0.2) is 24.3 Å². The molecule has 0 unspecified atom stereocenters. The standard InChI is InChI=1S/C20H30O6/c1-3-5-7-11-15-23-25-19(21)17-13-9-10-14-18(17)20(22)26-24-16-12-8-6-4-2/h9-10,13-14H,3-8,11-12,15-16H2,1-2H3. The maximum absolute atomic E-state index is 12.1. The summed E-state index contributed by atoms with van der Waals surface area (Å²) in [5, 5.41) is 0. The van der Waals surface area contributed by atoms with Crippen LogP contribution in [-0.4, -0.2) is 25.2 Å². The van der Waals surface area contributed by atoms with E-state index in [0.717, 1.165) is 51.4 Å². The predicted molar refractivity (Wildman–Crippen MR) is 97.5 cm³/mol. The van der Waals surface area contributed by atoms with Gasteiger partial charge in [0.2, 0.25) is 0 Å². The minimum atomic E-state index is -0.726. The van der Waals surface area contributed by atoms with Crippen molar-refractivity contribution in [1.82, 2.24) is 0 Å². The molecule has 0 saturated heterocycles. The average Bonchev–Trinajstić information content (AvgIpc) is 2.67. The average molecular weight is 366 g/mol. The summed E-state index contributed by atoms with van der Waals surface area (Å²) in [6.45, 7) is 4.90. The van der Waals surface area contributed by atoms with Gasteiger partial charge in [-0.1, -0.05) is 64.5 Å². The van der Waals surface area contributed by atoms with E-state index in [-0.39, 0.29) is 11.1 Å². The Bertz CT molecular complexity index is 482. The van der Waals surface area contributed by atoms with Gasteiger partial charge in [0, 0.05) is 0 Å². The van der Waals surface area contributed by atoms with Crippen molar-refractivity contribution >= 4 is 11.9 Å². The molecule has 146 valence electrons. The van der Waals surface area contributed by atoms with Crippen LogP contribution in [0.5, 0.6) is 0 Å². The molecule has 0 aromatic heterocycles. The monoisotopic (exact) mass is 366 g/mol. The highest BCUT2D eigenvalue weighted by Gasteiger charge is 2.20. The Morgan fingerprint density at radius 2 is 1.12 bits per heavy atom. The molecule has 0 fully saturated rings. The fourth-order valence-corrected chi connectivity index (χ4v) is 2.29. The highest BCUT2D eigenvalue weighted by molar-refractivity contribution is 6.02. The highest BCUT2D eigenvalue weighted by atomic mass is 17.2. The van der Waals surface area contributed by atoms with Gasteiger partial charge in [-0.15, -0.1) is 0 Å². The van der Waals surface area contributed by atoms with E-state index < -0.39 is 11.9 Å². The fourth-order valence-electron chi connectivity index (χ4n) is 2.29. The van der Waals surface area contributed by atoms with Crippen molar-refractivity contribution in [2.75, 3.05) is 13.2 Å². The van der Waals surface area contributed by atoms with Gasteiger partial charge in [0.05, 0.1) is 24.3 Å². The fraction of sp³-hybridized carbons (Fsp3) is 0.600. The third-order valence-electron chi connectivity index (χ3n) is 3.80. The van der Waals surface area contributed by atoms with Crippen LogP contribution in [0.1, 0.15) is 85.9 Å². The largest absolute Gasteiger partial charge is 0.373 e. The minimum Gasteiger partial charge on any atom is -0.293 e. The topological polar surface area (TPSA) is 71.1 Å². The van der Waals surface area contributed by atoms with Crippen LogP contribution in [0.4, 0.5) is 0 Å². The van der Waals surface area contributed by atoms with E-state index in [9.17, 15) is 9.59 Å². The van der Waals surface area contributed by atoms with Crippen molar-refractivity contribution in [3.05, 3.63) is 35.4 Å². The summed E-state index contributed by atoms with van der Waals surface area (Å²) in [6, 6.07) is 6.25. The second kappa shape index (κ2) is 14.3. The number of carbonyl (C=O) groups is 2. The van der Waals surface area contributed by atoms with Crippen molar-refractivity contribution in [2.24, 2.45) is 0 Å². The van der Waals surface area contributed by atoms with Gasteiger partial charge < -0.3 is 0 Å². The number of unbranched alkanes of at least 4 members (excludes halogenated alkanes) is 6. The van der Waals surface area contributed by atoms with Gasteiger partial charge in [-0.05, 0) is 25.0 Å². The first-order chi connectivity index (χ1) is 12.7. The maximum Gasteiger partial charge on any atom is 0.373 e. The molecule has 0 radical (unpaired) electrons. The zero-order valence-corrected chi connectivity index (χ0v) is 15.8. The lowest BCUT2D eigenvalue weighted by molar-refractivity contribution is -0.243. The number of rotatable bonds is 14. The molecule has 0 spiro atoms. The van der Waals surface area contributed by atoms with E-state index in [1.807, 2.05) is 0 Å². The second-order valence-electron chi connectivity index (χ2n) is 6.05. The van der Waals surface area contributed by atoms with Crippen molar-refractivity contribution in [2.45, 2.75) is 65.2 Å². The van der Waals surface area contributed by atoms with Crippen molar-refractivity contribution in [3.63, 3.8) is 0 Å². The van der Waals surface area contributed by atoms with Crippen LogP contribution in [0.2, 0.25) is 0 Å². The molecule has 1 aromatic rings. The molecule has 1 aromatic carbocycles. The summed E-state index contributed by atoms with van der Waals surface area (Å²) in [4.78, 5) is 43.7. The Balaban J connectivity index is 2.42. The van der Waals surface area contributed by atoms with Gasteiger partial charge >= 0.3 is 11.9 Å². The van der Waals surface area contributed by atoms with Gasteiger partial charge in [0.1, 0.15) is 0 Å². The minimum absolute atomic E-state index is 0.0839. The lowest BCUT2D eigenvalue weighted by Gasteiger charge is -2.08. The molecule has 0 aliphatic carbocycles. The molecule has 1 rings (SSSR count). The van der Waals surface area contributed by atoms with E-state index >= 15 is 0 Å². The zero-order chi connectivity index (χ0) is 19.0. The molecular weight excluding hydrogens is 336 g/mol. The van der Waals surface area contributed by atoms with Crippen molar-refractivity contribution in [3.8, 4) is 0 Å². The smallest absolute Gasteiger partial charge is 0.293 e. The molecule has 6 heteroatoms. The van der Waals surface area contributed by atoms with E-state index in [4.69, 9.17) is 19.6 Å². The molecule has 0 heterocycles. The van der Waals surface area contributed by atoms with Gasteiger partial charge in [-0.2, -0.15) is 9.78 Å². The van der Waals surface area contributed by atoms with Gasteiger partial charge in [-0.3, -0.25) is 9.78 Å². The lowest BCUT2D eigenvalue weighted by Crippen LogP contribution is -2.15. The summed E-state index contributed by atoms with van der Waals surface area (Å²) in [6.07, 6.45) is 8.15. The first-order valence-electron chi connectivity index (χ1n) is 9.47. The number of carbonyl (C=O) groups excluding carboxylic acids is 2. The summed E-state index contributed by atoms with van der Waals surface area (Å²) < 4.78 is 0. The molecule has 0 aliphatic rings. The third kappa shape index (κ3) is 8.97. The second-order valence-corrected chi connectivity index (χ2v) is 6.05. The van der Waals surface area contributed by atoms with Gasteiger partial charge in [0.15, 0.2) is 0 Å². The first kappa shape index (κ1) is 22.1. The number of hydrogen-bond acceptors (Lipinski definition) is 6. The van der Waals surface area contributed by atoms with Crippen molar-refractivity contribution in [1.29, 1.82) is 0 Å². The van der Waals surface area contributed by atoms with Crippen LogP contribution in [0.25, 0.3) is 0 Å². The van der Waals surface area contributed by atoms with E-state index in [1.165, 1.54) is 12.1 Å². The molecular formula is C20H30O6. The summed E-state index contributed by atoms with van der Waals surface area (Å²) >= 11 is 0. The van der Waals surface area contributed by atoms with Crippen LogP contribution in [0.3, 0.4) is 0 Å². The van der Waals surface area contributed by atoms with E-state index in [1.54, 1.807) is 12.1 Å². The molecule has 26 heavy (non-hydrogen) atoms. The van der Waals surface area contributed by atoms with Crippen molar-refractivity contribution < 1.29 is 29.1 Å². The summed E-state index contributed by atoms with van der Waals surface area (Å²) in [7, 11) is 0. The molecule has 6 nitrogen and oxygen atoms in total. The quantitative estimate of drug-likeness (QED) is 0.261. The molecule has 0 amide bonds. The Hall–Kier alpha value is -1.92. The Morgan fingerprint density at radius 3 is 1.50 bits per heavy atom. The number of hydrogen-bond donors (Lipinski definition) is 0. The summed E-state index contributed by atoms with van der Waals surface area (Å²) in [5.74, 6) is -1.45. The molecule has 0 saturated carbocycles. The Kier molecular flexibility index (Phi) is 12.1. The van der Waals surface area contributed by atoms with Crippen LogP contribution >= 0.6 is 0 Å². The Morgan fingerprint density at radius 1 is 0.692 bits per heavy atom. The maximum atomic E-state index is 12.1. The molecule has 0 atom stereocenters. The summed E-state index contributed by atoms with van der Waals surface area (Å²) in [5.41, 5.74) is 0.168. The van der Waals surface area contributed by atoms with Crippen LogP contribution < -0.4 is 0 Å². The van der Waals surface area contributed by atoms with Gasteiger partial charge in [0.25, 0.3) is 0 Å². The SMILES string of the molecule is CCCCCCOOC(=O)c1ccccc1C(=O)OOCCCCCC. The lowest BCUT2D eigenvalue weighted by atomic mass is 10.1. The molecule has 0 N–H and O–H groups in total.